The minimum atomic E-state index is -4.84. The fourth-order valence-corrected chi connectivity index (χ4v) is 4.12. The number of β-amino-alcohol motifs (C(OH)–C–C–N with tert-alkyl or cyclic N) is 1. The number of halogens is 4. The summed E-state index contributed by atoms with van der Waals surface area (Å²) in [5.41, 5.74) is -0.335. The zero-order chi connectivity index (χ0) is 29.7. The van der Waals surface area contributed by atoms with E-state index in [9.17, 15) is 27.5 Å². The van der Waals surface area contributed by atoms with Crippen LogP contribution in [0.2, 0.25) is 0 Å². The van der Waals surface area contributed by atoms with Gasteiger partial charge in [-0.25, -0.2) is 9.18 Å². The van der Waals surface area contributed by atoms with Crippen molar-refractivity contribution in [3.63, 3.8) is 0 Å². The van der Waals surface area contributed by atoms with Gasteiger partial charge in [0.05, 0.1) is 29.9 Å². The first kappa shape index (κ1) is 31.1. The van der Waals surface area contributed by atoms with Gasteiger partial charge in [-0.1, -0.05) is 30.3 Å². The Morgan fingerprint density at radius 2 is 1.73 bits per heavy atom. The lowest BCUT2D eigenvalue weighted by molar-refractivity contribution is -0.138. The average molecular weight is 564 g/mol. The molecule has 0 spiro atoms. The van der Waals surface area contributed by atoms with E-state index in [-0.39, 0.29) is 24.7 Å². The largest absolute Gasteiger partial charge is 0.478 e. The van der Waals surface area contributed by atoms with Crippen molar-refractivity contribution in [3.8, 4) is 11.5 Å². The maximum absolute atomic E-state index is 13.9. The molecule has 3 rings (SSSR count). The number of hydrogen-bond acceptors (Lipinski definition) is 5. The topological polar surface area (TPSA) is 88.0 Å². The smallest absolute Gasteiger partial charge is 0.420 e. The van der Waals surface area contributed by atoms with Gasteiger partial charge in [0.2, 0.25) is 0 Å². The number of carboxylic acids is 1. The second-order valence-electron chi connectivity index (χ2n) is 10.3. The van der Waals surface area contributed by atoms with Gasteiger partial charge in [0.25, 0.3) is 0 Å². The monoisotopic (exact) mass is 563 g/mol. The van der Waals surface area contributed by atoms with Gasteiger partial charge in [0, 0.05) is 17.6 Å². The molecule has 0 aliphatic carbocycles. The Hall–Kier alpha value is -3.47. The zero-order valence-electron chi connectivity index (χ0n) is 22.7. The number of ether oxygens (including phenoxy) is 2. The van der Waals surface area contributed by atoms with E-state index in [0.29, 0.717) is 23.6 Å². The zero-order valence-corrected chi connectivity index (χ0v) is 22.7. The summed E-state index contributed by atoms with van der Waals surface area (Å²) in [7, 11) is 0. The Morgan fingerprint density at radius 3 is 2.38 bits per heavy atom. The molecule has 0 fully saturated rings. The first-order valence-electron chi connectivity index (χ1n) is 12.7. The predicted molar refractivity (Wildman–Crippen MR) is 142 cm³/mol. The Kier molecular flexibility index (Phi) is 9.94. The number of hydrogen-bond donors (Lipinski definition) is 3. The van der Waals surface area contributed by atoms with Gasteiger partial charge in [-0.05, 0) is 75.6 Å². The highest BCUT2D eigenvalue weighted by atomic mass is 19.4. The van der Waals surface area contributed by atoms with E-state index >= 15 is 0 Å². The number of benzene rings is 3. The molecule has 0 aromatic heterocycles. The van der Waals surface area contributed by atoms with Crippen LogP contribution in [0.5, 0.6) is 11.5 Å². The summed E-state index contributed by atoms with van der Waals surface area (Å²) >= 11 is 0. The van der Waals surface area contributed by atoms with E-state index in [4.69, 9.17) is 14.6 Å². The van der Waals surface area contributed by atoms with Crippen LogP contribution >= 0.6 is 0 Å². The maximum atomic E-state index is 13.9. The van der Waals surface area contributed by atoms with Gasteiger partial charge in [-0.15, -0.1) is 0 Å². The molecule has 0 saturated heterocycles. The number of carbonyl (C=O) groups is 1. The van der Waals surface area contributed by atoms with Gasteiger partial charge in [-0.2, -0.15) is 13.2 Å². The maximum Gasteiger partial charge on any atom is 0.420 e. The van der Waals surface area contributed by atoms with Crippen LogP contribution in [0.15, 0.2) is 60.7 Å². The first-order chi connectivity index (χ1) is 18.7. The van der Waals surface area contributed by atoms with Crippen molar-refractivity contribution in [1.82, 2.24) is 5.32 Å². The fraction of sp³-hybridized carbons (Fsp3) is 0.367. The Morgan fingerprint density at radius 1 is 1.02 bits per heavy atom. The van der Waals surface area contributed by atoms with Crippen LogP contribution in [0.25, 0.3) is 0 Å². The van der Waals surface area contributed by atoms with Crippen molar-refractivity contribution < 1.29 is 42.0 Å². The summed E-state index contributed by atoms with van der Waals surface area (Å²) in [6.07, 6.45) is -5.85. The predicted octanol–water partition coefficient (Wildman–Crippen LogP) is 6.69. The molecule has 3 aromatic carbocycles. The Balaban J connectivity index is 1.63. The number of para-hydroxylation sites is 1. The molecule has 6 nitrogen and oxygen atoms in total. The number of aliphatic hydroxyl groups is 1. The molecule has 0 aliphatic heterocycles. The van der Waals surface area contributed by atoms with E-state index < -0.39 is 46.8 Å². The standard InChI is InChI=1S/C30H33F4NO5/c1-18-9-10-20(13-25(18)31)15-29(3,4)35-16-22(36)17-39-19(2)23-7-5-6-8-26(23)40-27-12-11-21(28(37)38)14-24(27)30(32,33)34/h5-14,19,22,35-36H,15-17H2,1-4H3,(H,37,38)/t19?,22-/m1/s1. The van der Waals surface area contributed by atoms with Crippen molar-refractivity contribution in [2.75, 3.05) is 13.2 Å². The van der Waals surface area contributed by atoms with Crippen LogP contribution in [0.3, 0.4) is 0 Å². The van der Waals surface area contributed by atoms with Gasteiger partial charge < -0.3 is 25.0 Å². The highest BCUT2D eigenvalue weighted by Gasteiger charge is 2.35. The highest BCUT2D eigenvalue weighted by molar-refractivity contribution is 5.88. The van der Waals surface area contributed by atoms with Crippen molar-refractivity contribution >= 4 is 5.97 Å². The molecule has 0 radical (unpaired) electrons. The van der Waals surface area contributed by atoms with Crippen LogP contribution in [0, 0.1) is 12.7 Å². The fourth-order valence-electron chi connectivity index (χ4n) is 4.12. The van der Waals surface area contributed by atoms with Gasteiger partial charge in [0.15, 0.2) is 0 Å². The number of carboxylic acid groups (broad SMARTS) is 1. The molecule has 40 heavy (non-hydrogen) atoms. The lowest BCUT2D eigenvalue weighted by atomic mass is 9.94. The van der Waals surface area contributed by atoms with Crippen molar-refractivity contribution in [1.29, 1.82) is 0 Å². The molecule has 0 bridgehead atoms. The third kappa shape index (κ3) is 8.51. The van der Waals surface area contributed by atoms with Gasteiger partial charge in [0.1, 0.15) is 17.3 Å². The summed E-state index contributed by atoms with van der Waals surface area (Å²) in [5, 5.41) is 22.8. The molecule has 3 N–H and O–H groups in total. The number of aryl methyl sites for hydroxylation is 1. The molecule has 216 valence electrons. The minimum Gasteiger partial charge on any atom is -0.478 e. The quantitative estimate of drug-likeness (QED) is 0.213. The molecule has 2 atom stereocenters. The Labute approximate surface area is 230 Å². The van der Waals surface area contributed by atoms with Gasteiger partial charge >= 0.3 is 12.1 Å². The third-order valence-electron chi connectivity index (χ3n) is 6.35. The van der Waals surface area contributed by atoms with E-state index in [2.05, 4.69) is 5.32 Å². The SMILES string of the molecule is Cc1ccc(CC(C)(C)NC[C@@H](O)COC(C)c2ccccc2Oc2ccc(C(=O)O)cc2C(F)(F)F)cc1F. The molecule has 1 unspecified atom stereocenters. The summed E-state index contributed by atoms with van der Waals surface area (Å²) in [5.74, 6) is -2.20. The summed E-state index contributed by atoms with van der Waals surface area (Å²) in [4.78, 5) is 11.2. The number of aliphatic hydroxyl groups excluding tert-OH is 1. The summed E-state index contributed by atoms with van der Waals surface area (Å²) in [6, 6.07) is 14.0. The molecule has 3 aromatic rings. The van der Waals surface area contributed by atoms with Crippen LogP contribution in [-0.4, -0.2) is 41.0 Å². The van der Waals surface area contributed by atoms with Crippen molar-refractivity contribution in [3.05, 3.63) is 94.3 Å². The second-order valence-corrected chi connectivity index (χ2v) is 10.3. The second kappa shape index (κ2) is 12.8. The van der Waals surface area contributed by atoms with E-state index in [1.807, 2.05) is 19.9 Å². The number of nitrogens with one attached hydrogen (secondary N) is 1. The lowest BCUT2D eigenvalue weighted by Crippen LogP contribution is -2.46. The normalized spacial score (nSPS) is 13.6. The van der Waals surface area contributed by atoms with Crippen molar-refractivity contribution in [2.45, 2.75) is 58.0 Å². The van der Waals surface area contributed by atoms with E-state index in [1.165, 1.54) is 12.1 Å². The van der Waals surface area contributed by atoms with Crippen LogP contribution in [0.1, 0.15) is 59.5 Å². The van der Waals surface area contributed by atoms with E-state index in [0.717, 1.165) is 17.7 Å². The average Bonchev–Trinajstić information content (AvgIpc) is 2.88. The summed E-state index contributed by atoms with van der Waals surface area (Å²) < 4.78 is 66.2. The molecule has 10 heteroatoms. The van der Waals surface area contributed by atoms with Crippen LogP contribution in [-0.2, 0) is 17.3 Å². The lowest BCUT2D eigenvalue weighted by Gasteiger charge is -2.28. The number of rotatable bonds is 12. The molecule has 0 aliphatic rings. The molecular formula is C30H33F4NO5. The highest BCUT2D eigenvalue weighted by Crippen LogP contribution is 2.40. The van der Waals surface area contributed by atoms with Crippen LogP contribution in [0.4, 0.5) is 17.6 Å². The Bertz CT molecular complexity index is 1330. The number of aromatic carboxylic acids is 1. The third-order valence-corrected chi connectivity index (χ3v) is 6.35. The van der Waals surface area contributed by atoms with Crippen LogP contribution < -0.4 is 10.1 Å². The molecular weight excluding hydrogens is 530 g/mol. The van der Waals surface area contributed by atoms with Crippen molar-refractivity contribution in [2.24, 2.45) is 0 Å². The summed E-state index contributed by atoms with van der Waals surface area (Å²) in [6.45, 7) is 7.37. The minimum absolute atomic E-state index is 0.0706. The van der Waals surface area contributed by atoms with Gasteiger partial charge in [-0.3, -0.25) is 0 Å². The first-order valence-corrected chi connectivity index (χ1v) is 12.7. The number of alkyl halides is 3. The molecule has 0 saturated carbocycles. The molecule has 0 amide bonds. The van der Waals surface area contributed by atoms with E-state index in [1.54, 1.807) is 38.1 Å². The molecule has 0 heterocycles.